The van der Waals surface area contributed by atoms with E-state index in [0.29, 0.717) is 28.8 Å². The Morgan fingerprint density at radius 1 is 0.905 bits per heavy atom. The zero-order valence-corrected chi connectivity index (χ0v) is 25.3. The molecule has 2 fully saturated rings. The fraction of sp³-hybridized carbons (Fsp3) is 0.355. The van der Waals surface area contributed by atoms with Crippen molar-refractivity contribution in [1.82, 2.24) is 19.7 Å². The summed E-state index contributed by atoms with van der Waals surface area (Å²) in [6, 6.07) is 21.7. The van der Waals surface area contributed by atoms with Crippen LogP contribution >= 0.6 is 34.8 Å². The van der Waals surface area contributed by atoms with Crippen molar-refractivity contribution in [1.29, 1.82) is 0 Å². The van der Waals surface area contributed by atoms with Crippen molar-refractivity contribution in [2.45, 2.75) is 24.9 Å². The van der Waals surface area contributed by atoms with Gasteiger partial charge in [-0.05, 0) is 60.5 Å². The minimum Gasteiger partial charge on any atom is -0.491 e. The van der Waals surface area contributed by atoms with Gasteiger partial charge in [-0.3, -0.25) is 4.90 Å². The zero-order valence-electron chi connectivity index (χ0n) is 23.0. The van der Waals surface area contributed by atoms with E-state index in [1.54, 1.807) is 23.1 Å². The Bertz CT molecular complexity index is 1450. The number of rotatable bonds is 10. The summed E-state index contributed by atoms with van der Waals surface area (Å²) < 4.78 is 20.5. The molecule has 0 N–H and O–H groups in total. The summed E-state index contributed by atoms with van der Waals surface area (Å²) in [5, 5.41) is 6.01. The lowest BCUT2D eigenvalue weighted by molar-refractivity contribution is -0.190. The van der Waals surface area contributed by atoms with Crippen LogP contribution in [0.5, 0.6) is 5.75 Å². The summed E-state index contributed by atoms with van der Waals surface area (Å²) in [6.45, 7) is 6.08. The monoisotopic (exact) mass is 627 g/mol. The largest absolute Gasteiger partial charge is 0.491 e. The smallest absolute Gasteiger partial charge is 0.217 e. The molecule has 0 spiro atoms. The molecule has 0 unspecified atom stereocenters. The topological polar surface area (TPSA) is 64.9 Å². The number of halogens is 3. The van der Waals surface area contributed by atoms with E-state index in [9.17, 15) is 0 Å². The molecule has 0 amide bonds. The molecule has 2 aliphatic heterocycles. The molecular weight excluding hydrogens is 597 g/mol. The van der Waals surface area contributed by atoms with Crippen molar-refractivity contribution in [3.63, 3.8) is 0 Å². The molecule has 2 saturated heterocycles. The van der Waals surface area contributed by atoms with Crippen molar-refractivity contribution >= 4 is 40.5 Å². The number of aromatic nitrogens is 3. The van der Waals surface area contributed by atoms with Gasteiger partial charge in [0.25, 0.3) is 0 Å². The molecule has 0 bridgehead atoms. The second kappa shape index (κ2) is 13.2. The van der Waals surface area contributed by atoms with Crippen LogP contribution in [0.2, 0.25) is 15.1 Å². The maximum Gasteiger partial charge on any atom is 0.217 e. The van der Waals surface area contributed by atoms with Crippen molar-refractivity contribution in [2.75, 3.05) is 50.8 Å². The summed E-state index contributed by atoms with van der Waals surface area (Å²) in [6.07, 6.45) is 3.82. The van der Waals surface area contributed by atoms with Crippen molar-refractivity contribution in [2.24, 2.45) is 0 Å². The van der Waals surface area contributed by atoms with Crippen molar-refractivity contribution < 1.29 is 14.2 Å². The second-order valence-electron chi connectivity index (χ2n) is 10.5. The van der Waals surface area contributed by atoms with Gasteiger partial charge in [0.15, 0.2) is 0 Å². The van der Waals surface area contributed by atoms with Crippen LogP contribution in [0.15, 0.2) is 79.4 Å². The van der Waals surface area contributed by atoms with Gasteiger partial charge in [0.2, 0.25) is 5.79 Å². The van der Waals surface area contributed by atoms with E-state index in [1.165, 1.54) is 17.6 Å². The Hall–Kier alpha value is -2.85. The van der Waals surface area contributed by atoms with E-state index >= 15 is 0 Å². The number of anilines is 1. The molecule has 220 valence electrons. The van der Waals surface area contributed by atoms with Gasteiger partial charge in [-0.15, -0.1) is 0 Å². The first-order valence-electron chi connectivity index (χ1n) is 14.0. The highest BCUT2D eigenvalue weighted by atomic mass is 35.5. The summed E-state index contributed by atoms with van der Waals surface area (Å²) in [4.78, 5) is 8.98. The number of piperazine rings is 1. The van der Waals surface area contributed by atoms with Crippen LogP contribution < -0.4 is 9.64 Å². The van der Waals surface area contributed by atoms with Gasteiger partial charge in [-0.1, -0.05) is 53.0 Å². The predicted molar refractivity (Wildman–Crippen MR) is 165 cm³/mol. The number of hydrogen-bond donors (Lipinski definition) is 0. The molecule has 3 heterocycles. The maximum absolute atomic E-state index is 6.56. The fourth-order valence-electron chi connectivity index (χ4n) is 5.39. The van der Waals surface area contributed by atoms with Crippen LogP contribution in [0.3, 0.4) is 0 Å². The number of ether oxygens (including phenoxy) is 3. The molecule has 3 aromatic carbocycles. The molecule has 0 radical (unpaired) electrons. The van der Waals surface area contributed by atoms with E-state index in [0.717, 1.165) is 49.9 Å². The van der Waals surface area contributed by atoms with E-state index in [4.69, 9.17) is 49.0 Å². The third kappa shape index (κ3) is 7.02. The Kier molecular flexibility index (Phi) is 9.19. The molecule has 2 atom stereocenters. The normalized spacial score (nSPS) is 21.1. The van der Waals surface area contributed by atoms with Gasteiger partial charge in [0, 0.05) is 54.0 Å². The van der Waals surface area contributed by atoms with Crippen LogP contribution in [0.4, 0.5) is 5.69 Å². The van der Waals surface area contributed by atoms with E-state index in [2.05, 4.69) is 44.1 Å². The lowest BCUT2D eigenvalue weighted by atomic mass is 10.1. The third-order valence-electron chi connectivity index (χ3n) is 7.68. The van der Waals surface area contributed by atoms with Crippen molar-refractivity contribution in [3.8, 4) is 5.75 Å². The maximum atomic E-state index is 6.56. The van der Waals surface area contributed by atoms with Crippen LogP contribution in [0, 0.1) is 0 Å². The Labute approximate surface area is 260 Å². The first-order chi connectivity index (χ1) is 20.5. The van der Waals surface area contributed by atoms with Gasteiger partial charge in [0.05, 0.1) is 11.6 Å². The average molecular weight is 629 g/mol. The predicted octanol–water partition coefficient (Wildman–Crippen LogP) is 5.95. The van der Waals surface area contributed by atoms with Crippen LogP contribution in [-0.4, -0.2) is 71.7 Å². The van der Waals surface area contributed by atoms with Gasteiger partial charge in [-0.2, -0.15) is 5.10 Å². The molecule has 0 aliphatic carbocycles. The molecule has 6 rings (SSSR count). The average Bonchev–Trinajstić information content (AvgIpc) is 3.67. The first kappa shape index (κ1) is 29.2. The summed E-state index contributed by atoms with van der Waals surface area (Å²) in [7, 11) is 0. The van der Waals surface area contributed by atoms with E-state index < -0.39 is 5.79 Å². The van der Waals surface area contributed by atoms with Crippen LogP contribution in [-0.2, 0) is 28.2 Å². The lowest BCUT2D eigenvalue weighted by Crippen LogP contribution is -2.46. The fourth-order valence-corrected chi connectivity index (χ4v) is 6.07. The Morgan fingerprint density at radius 3 is 2.38 bits per heavy atom. The van der Waals surface area contributed by atoms with Gasteiger partial charge in [0.1, 0.15) is 37.7 Å². The molecular formula is C31H32Cl3N5O3. The lowest BCUT2D eigenvalue weighted by Gasteiger charge is -2.36. The quantitative estimate of drug-likeness (QED) is 0.215. The van der Waals surface area contributed by atoms with Gasteiger partial charge < -0.3 is 19.1 Å². The summed E-state index contributed by atoms with van der Waals surface area (Å²) in [5.74, 6) is -0.355. The highest BCUT2D eigenvalue weighted by molar-refractivity contribution is 6.35. The molecule has 1 aromatic heterocycles. The molecule has 0 saturated carbocycles. The van der Waals surface area contributed by atoms with E-state index in [-0.39, 0.29) is 12.6 Å². The summed E-state index contributed by atoms with van der Waals surface area (Å²) in [5.41, 5.74) is 3.20. The standard InChI is InChI=1S/C31H32Cl3N5O3/c32-24-3-1-23(2-4-24)11-12-37-13-15-38(16-14-37)26-6-8-27(9-7-26)40-18-28-19-41-31(42-28,20-39-22-35-21-36-39)29-10-5-25(33)17-30(29)34/h1-10,17,21-22,28H,11-16,18-20H2/t28-,31-/m1/s1. The summed E-state index contributed by atoms with van der Waals surface area (Å²) >= 11 is 18.7. The minimum absolute atomic E-state index is 0.286. The first-order valence-corrected chi connectivity index (χ1v) is 15.1. The van der Waals surface area contributed by atoms with Gasteiger partial charge in [-0.25, -0.2) is 9.67 Å². The highest BCUT2D eigenvalue weighted by Crippen LogP contribution is 2.40. The zero-order chi connectivity index (χ0) is 28.9. The Balaban J connectivity index is 1.01. The van der Waals surface area contributed by atoms with E-state index in [1.807, 2.05) is 30.3 Å². The third-order valence-corrected chi connectivity index (χ3v) is 8.48. The molecule has 2 aliphatic rings. The van der Waals surface area contributed by atoms with Gasteiger partial charge >= 0.3 is 0 Å². The van der Waals surface area contributed by atoms with Crippen LogP contribution in [0.1, 0.15) is 11.1 Å². The number of hydrogen-bond acceptors (Lipinski definition) is 7. The minimum atomic E-state index is -1.13. The highest BCUT2D eigenvalue weighted by Gasteiger charge is 2.45. The molecule has 42 heavy (non-hydrogen) atoms. The van der Waals surface area contributed by atoms with Crippen LogP contribution in [0.25, 0.3) is 0 Å². The number of benzene rings is 3. The number of nitrogens with zero attached hydrogens (tertiary/aromatic N) is 5. The molecule has 8 nitrogen and oxygen atoms in total. The molecule has 4 aromatic rings. The molecule has 11 heteroatoms. The second-order valence-corrected chi connectivity index (χ2v) is 11.8. The Morgan fingerprint density at radius 2 is 1.67 bits per heavy atom. The van der Waals surface area contributed by atoms with Crippen molar-refractivity contribution in [3.05, 3.63) is 106 Å². The SMILES string of the molecule is Clc1ccc(CCN2CCN(c3ccc(OC[C@@H]4CO[C@@](Cn5cncn5)(c5ccc(Cl)cc5Cl)O4)cc3)CC2)cc1.